The molecule has 5 heteroatoms. The molecule has 0 radical (unpaired) electrons. The van der Waals surface area contributed by atoms with Crippen LogP contribution in [-0.4, -0.2) is 57.8 Å². The Kier molecular flexibility index (Phi) is 5.76. The molecule has 0 spiro atoms. The zero-order chi connectivity index (χ0) is 20.2. The van der Waals surface area contributed by atoms with Crippen molar-refractivity contribution in [1.82, 2.24) is 19.2 Å². The van der Waals surface area contributed by atoms with Gasteiger partial charge in [-0.3, -0.25) is 14.1 Å². The zero-order valence-corrected chi connectivity index (χ0v) is 17.2. The van der Waals surface area contributed by atoms with Gasteiger partial charge in [0.2, 0.25) is 0 Å². The number of piperazine rings is 1. The molecule has 1 aliphatic heterocycles. The molecule has 29 heavy (non-hydrogen) atoms. The number of aromatic nitrogens is 2. The molecule has 4 rings (SSSR count). The summed E-state index contributed by atoms with van der Waals surface area (Å²) in [5, 5.41) is 0. The second-order valence-corrected chi connectivity index (χ2v) is 7.55. The number of benzene rings is 1. The van der Waals surface area contributed by atoms with Gasteiger partial charge in [0.05, 0.1) is 5.69 Å². The number of rotatable bonds is 5. The number of fused-ring (bicyclic) bond motifs is 1. The molecule has 3 aromatic rings. The van der Waals surface area contributed by atoms with Crippen molar-refractivity contribution in [3.05, 3.63) is 77.3 Å². The van der Waals surface area contributed by atoms with Crippen molar-refractivity contribution in [1.29, 1.82) is 0 Å². The van der Waals surface area contributed by atoms with E-state index >= 15 is 0 Å². The Morgan fingerprint density at radius 1 is 1.07 bits per heavy atom. The number of pyridine rings is 1. The highest BCUT2D eigenvalue weighted by Crippen LogP contribution is 2.19. The summed E-state index contributed by atoms with van der Waals surface area (Å²) in [7, 11) is 0. The zero-order valence-electron chi connectivity index (χ0n) is 17.2. The number of hydrogen-bond donors (Lipinski definition) is 0. The number of hydrogen-bond acceptors (Lipinski definition) is 3. The van der Waals surface area contributed by atoms with E-state index in [0.29, 0.717) is 0 Å². The van der Waals surface area contributed by atoms with Crippen molar-refractivity contribution < 1.29 is 4.79 Å². The predicted molar refractivity (Wildman–Crippen MR) is 117 cm³/mol. The fourth-order valence-electron chi connectivity index (χ4n) is 3.91. The van der Waals surface area contributed by atoms with Gasteiger partial charge in [-0.1, -0.05) is 55.5 Å². The topological polar surface area (TPSA) is 40.9 Å². The minimum atomic E-state index is 0.0967. The molecule has 0 unspecified atom stereocenters. The normalized spacial score (nSPS) is 15.4. The Labute approximate surface area is 172 Å². The van der Waals surface area contributed by atoms with Crippen molar-refractivity contribution >= 4 is 17.6 Å². The number of carbonyl (C=O) groups is 1. The first-order chi connectivity index (χ1) is 14.2. The standard InChI is InChI=1S/C24H28N4O/c1-3-21-22(28-14-7-9-19(2)23(28)25-21)24(29)27-17-15-26(16-18-27)13-8-12-20-10-5-4-6-11-20/h4-12,14H,3,13,15-18H2,1-2H3/b12-8+. The van der Waals surface area contributed by atoms with Crippen LogP contribution in [0.25, 0.3) is 11.7 Å². The van der Waals surface area contributed by atoms with Crippen LogP contribution in [0.15, 0.2) is 54.7 Å². The number of nitrogens with zero attached hydrogens (tertiary/aromatic N) is 4. The van der Waals surface area contributed by atoms with Crippen LogP contribution >= 0.6 is 0 Å². The van der Waals surface area contributed by atoms with Gasteiger partial charge in [0.25, 0.3) is 5.91 Å². The number of imidazole rings is 1. The maximum Gasteiger partial charge on any atom is 0.272 e. The summed E-state index contributed by atoms with van der Waals surface area (Å²) in [6.07, 6.45) is 7.07. The third-order valence-electron chi connectivity index (χ3n) is 5.59. The van der Waals surface area contributed by atoms with Crippen molar-refractivity contribution in [2.75, 3.05) is 32.7 Å². The average molecular weight is 389 g/mol. The highest BCUT2D eigenvalue weighted by Gasteiger charge is 2.26. The molecule has 0 atom stereocenters. The summed E-state index contributed by atoms with van der Waals surface area (Å²) < 4.78 is 1.96. The maximum absolute atomic E-state index is 13.3. The smallest absolute Gasteiger partial charge is 0.272 e. The third-order valence-corrected chi connectivity index (χ3v) is 5.59. The lowest BCUT2D eigenvalue weighted by molar-refractivity contribution is 0.0642. The Balaban J connectivity index is 1.41. The quantitative estimate of drug-likeness (QED) is 0.670. The molecule has 1 saturated heterocycles. The number of aryl methyl sites for hydroxylation is 2. The van der Waals surface area contributed by atoms with E-state index < -0.39 is 0 Å². The van der Waals surface area contributed by atoms with E-state index in [0.717, 1.165) is 61.7 Å². The molecule has 1 aliphatic rings. The number of amides is 1. The lowest BCUT2D eigenvalue weighted by atomic mass is 10.2. The summed E-state index contributed by atoms with van der Waals surface area (Å²) in [6.45, 7) is 8.29. The minimum Gasteiger partial charge on any atom is -0.335 e. The van der Waals surface area contributed by atoms with Crippen LogP contribution in [0.1, 0.15) is 34.2 Å². The predicted octanol–water partition coefficient (Wildman–Crippen LogP) is 3.68. The van der Waals surface area contributed by atoms with E-state index in [1.807, 2.05) is 40.6 Å². The lowest BCUT2D eigenvalue weighted by Crippen LogP contribution is -2.49. The maximum atomic E-state index is 13.3. The van der Waals surface area contributed by atoms with E-state index in [2.05, 4.69) is 48.2 Å². The van der Waals surface area contributed by atoms with Crippen LogP contribution in [0.2, 0.25) is 0 Å². The van der Waals surface area contributed by atoms with E-state index in [1.54, 1.807) is 0 Å². The molecule has 150 valence electrons. The van der Waals surface area contributed by atoms with Crippen molar-refractivity contribution in [3.8, 4) is 0 Å². The van der Waals surface area contributed by atoms with Crippen LogP contribution < -0.4 is 0 Å². The Morgan fingerprint density at radius 3 is 2.55 bits per heavy atom. The second-order valence-electron chi connectivity index (χ2n) is 7.55. The van der Waals surface area contributed by atoms with Crippen LogP contribution in [0, 0.1) is 6.92 Å². The van der Waals surface area contributed by atoms with Crippen molar-refractivity contribution in [2.45, 2.75) is 20.3 Å². The van der Waals surface area contributed by atoms with E-state index in [9.17, 15) is 4.79 Å². The summed E-state index contributed by atoms with van der Waals surface area (Å²) in [4.78, 5) is 22.4. The summed E-state index contributed by atoms with van der Waals surface area (Å²) in [6, 6.07) is 14.4. The van der Waals surface area contributed by atoms with Crippen LogP contribution in [0.4, 0.5) is 0 Å². The van der Waals surface area contributed by atoms with Gasteiger partial charge in [0.1, 0.15) is 11.3 Å². The molecular formula is C24H28N4O. The molecule has 1 amide bonds. The van der Waals surface area contributed by atoms with Gasteiger partial charge in [-0.15, -0.1) is 0 Å². The first-order valence-electron chi connectivity index (χ1n) is 10.4. The largest absolute Gasteiger partial charge is 0.335 e. The molecule has 3 heterocycles. The monoisotopic (exact) mass is 388 g/mol. The van der Waals surface area contributed by atoms with E-state index in [1.165, 1.54) is 5.56 Å². The third kappa shape index (κ3) is 4.10. The van der Waals surface area contributed by atoms with Gasteiger partial charge in [0, 0.05) is 38.9 Å². The van der Waals surface area contributed by atoms with Crippen molar-refractivity contribution in [3.63, 3.8) is 0 Å². The fourth-order valence-corrected chi connectivity index (χ4v) is 3.91. The SMILES string of the molecule is CCc1nc2c(C)cccn2c1C(=O)N1CCN(C/C=C/c2ccccc2)CC1. The van der Waals surface area contributed by atoms with Gasteiger partial charge in [0.15, 0.2) is 0 Å². The average Bonchev–Trinajstić information content (AvgIpc) is 3.14. The minimum absolute atomic E-state index is 0.0967. The molecule has 0 saturated carbocycles. The molecule has 1 aromatic carbocycles. The molecule has 5 nitrogen and oxygen atoms in total. The van der Waals surface area contributed by atoms with E-state index in [-0.39, 0.29) is 5.91 Å². The van der Waals surface area contributed by atoms with Gasteiger partial charge in [-0.05, 0) is 30.5 Å². The fraction of sp³-hybridized carbons (Fsp3) is 0.333. The highest BCUT2D eigenvalue weighted by atomic mass is 16.2. The Morgan fingerprint density at radius 2 is 1.83 bits per heavy atom. The Hall–Kier alpha value is -2.92. The molecule has 0 N–H and O–H groups in total. The first-order valence-corrected chi connectivity index (χ1v) is 10.4. The molecular weight excluding hydrogens is 360 g/mol. The van der Waals surface area contributed by atoms with Crippen LogP contribution in [0.5, 0.6) is 0 Å². The van der Waals surface area contributed by atoms with Gasteiger partial charge in [-0.25, -0.2) is 4.98 Å². The van der Waals surface area contributed by atoms with E-state index in [4.69, 9.17) is 4.98 Å². The van der Waals surface area contributed by atoms with Crippen LogP contribution in [-0.2, 0) is 6.42 Å². The van der Waals surface area contributed by atoms with Gasteiger partial charge >= 0.3 is 0 Å². The van der Waals surface area contributed by atoms with Gasteiger partial charge < -0.3 is 4.90 Å². The second kappa shape index (κ2) is 8.62. The molecule has 1 fully saturated rings. The molecule has 0 bridgehead atoms. The summed E-state index contributed by atoms with van der Waals surface area (Å²) >= 11 is 0. The number of carbonyl (C=O) groups excluding carboxylic acids is 1. The van der Waals surface area contributed by atoms with Crippen LogP contribution in [0.3, 0.4) is 0 Å². The first kappa shape index (κ1) is 19.4. The van der Waals surface area contributed by atoms with Gasteiger partial charge in [-0.2, -0.15) is 0 Å². The lowest BCUT2D eigenvalue weighted by Gasteiger charge is -2.34. The van der Waals surface area contributed by atoms with Crippen molar-refractivity contribution in [2.24, 2.45) is 0 Å². The molecule has 0 aliphatic carbocycles. The summed E-state index contributed by atoms with van der Waals surface area (Å²) in [5.74, 6) is 0.0967. The Bertz CT molecular complexity index is 1010. The highest BCUT2D eigenvalue weighted by molar-refractivity contribution is 5.95. The molecule has 2 aromatic heterocycles. The summed E-state index contributed by atoms with van der Waals surface area (Å²) in [5.41, 5.74) is 4.81.